The monoisotopic (exact) mass is 401 g/mol. The van der Waals surface area contributed by atoms with Crippen LogP contribution in [-0.4, -0.2) is 45.4 Å². The highest BCUT2D eigenvalue weighted by Gasteiger charge is 2.25. The van der Waals surface area contributed by atoms with Crippen molar-refractivity contribution in [1.29, 1.82) is 0 Å². The lowest BCUT2D eigenvalue weighted by molar-refractivity contribution is 0.356. The number of fused-ring (bicyclic) bond motifs is 2. The molecule has 8 nitrogen and oxygen atoms in total. The molecule has 146 valence electrons. The molecule has 0 spiro atoms. The molecule has 0 saturated carbocycles. The molecule has 1 aromatic heterocycles. The molecule has 0 amide bonds. The summed E-state index contributed by atoms with van der Waals surface area (Å²) in [5.74, 6) is 2.26. The molecular formula is C19H19N3O5S. The topological polar surface area (TPSA) is 90.9 Å². The predicted octanol–water partition coefficient (Wildman–Crippen LogP) is 2.68. The summed E-state index contributed by atoms with van der Waals surface area (Å²) in [4.78, 5) is 10.9. The van der Waals surface area contributed by atoms with Crippen molar-refractivity contribution in [2.75, 3.05) is 31.9 Å². The maximum atomic E-state index is 11.4. The molecule has 9 heteroatoms. The minimum atomic E-state index is -3.56. The largest absolute Gasteiger partial charge is 0.493 e. The first-order valence-electron chi connectivity index (χ1n) is 8.56. The van der Waals surface area contributed by atoms with Crippen LogP contribution in [-0.2, 0) is 16.5 Å². The summed E-state index contributed by atoms with van der Waals surface area (Å²) in [6.07, 6.45) is 3.29. The van der Waals surface area contributed by atoms with Crippen molar-refractivity contribution in [3.63, 3.8) is 0 Å². The Morgan fingerprint density at radius 1 is 1.04 bits per heavy atom. The normalized spacial score (nSPS) is 13.5. The minimum absolute atomic E-state index is 0.307. The average molecular weight is 401 g/mol. The first kappa shape index (κ1) is 18.3. The van der Waals surface area contributed by atoms with Gasteiger partial charge >= 0.3 is 10.1 Å². The highest BCUT2D eigenvalue weighted by atomic mass is 32.2. The number of hydrogen-bond donors (Lipinski definition) is 0. The molecule has 1 aliphatic rings. The average Bonchev–Trinajstić information content (AvgIpc) is 3.08. The number of methoxy groups -OCH3 is 2. The van der Waals surface area contributed by atoms with Crippen molar-refractivity contribution in [3.05, 3.63) is 42.2 Å². The van der Waals surface area contributed by atoms with E-state index in [9.17, 15) is 8.42 Å². The Kier molecular flexibility index (Phi) is 4.46. The molecular weight excluding hydrogens is 382 g/mol. The van der Waals surface area contributed by atoms with Gasteiger partial charge in [0.1, 0.15) is 17.9 Å². The van der Waals surface area contributed by atoms with E-state index in [1.807, 2.05) is 18.2 Å². The van der Waals surface area contributed by atoms with Gasteiger partial charge in [-0.2, -0.15) is 8.42 Å². The summed E-state index contributed by atoms with van der Waals surface area (Å²) >= 11 is 0. The zero-order chi connectivity index (χ0) is 19.9. The van der Waals surface area contributed by atoms with Gasteiger partial charge in [0.15, 0.2) is 11.5 Å². The van der Waals surface area contributed by atoms with Gasteiger partial charge in [0.05, 0.1) is 26.0 Å². The number of hydrogen-bond acceptors (Lipinski definition) is 8. The molecule has 0 radical (unpaired) electrons. The van der Waals surface area contributed by atoms with Crippen LogP contribution in [0.3, 0.4) is 0 Å². The van der Waals surface area contributed by atoms with E-state index in [0.29, 0.717) is 23.8 Å². The lowest BCUT2D eigenvalue weighted by Crippen LogP contribution is -2.15. The fraction of sp³-hybridized carbons (Fsp3) is 0.263. The Hall–Kier alpha value is -3.07. The third kappa shape index (κ3) is 3.29. The zero-order valence-electron chi connectivity index (χ0n) is 15.7. The third-order valence-corrected chi connectivity index (χ3v) is 5.06. The Bertz CT molecular complexity index is 1160. The van der Waals surface area contributed by atoms with Crippen LogP contribution < -0.4 is 18.6 Å². The van der Waals surface area contributed by atoms with Crippen molar-refractivity contribution < 1.29 is 22.1 Å². The van der Waals surface area contributed by atoms with Crippen molar-refractivity contribution in [2.24, 2.45) is 0 Å². The minimum Gasteiger partial charge on any atom is -0.493 e. The van der Waals surface area contributed by atoms with Crippen LogP contribution >= 0.6 is 0 Å². The highest BCUT2D eigenvalue weighted by Crippen LogP contribution is 2.40. The summed E-state index contributed by atoms with van der Waals surface area (Å²) in [5.41, 5.74) is 2.69. The standard InChI is InChI=1S/C19H19N3O5S/c1-25-17-9-14-15(10-18(17)26-2)20-11-21-19(14)22-7-6-12-8-13(4-5-16(12)22)27-28(3,23)24/h4-5,8-11H,6-7H2,1-3H3. The summed E-state index contributed by atoms with van der Waals surface area (Å²) < 4.78 is 38.5. The van der Waals surface area contributed by atoms with Crippen molar-refractivity contribution >= 4 is 32.5 Å². The Balaban J connectivity index is 1.79. The van der Waals surface area contributed by atoms with Crippen LogP contribution in [0.25, 0.3) is 10.9 Å². The zero-order valence-corrected chi connectivity index (χ0v) is 16.5. The van der Waals surface area contributed by atoms with Crippen LogP contribution in [0.2, 0.25) is 0 Å². The SMILES string of the molecule is COc1cc2ncnc(N3CCc4cc(OS(C)(=O)=O)ccc43)c2cc1OC. The molecule has 1 aliphatic heterocycles. The fourth-order valence-corrected chi connectivity index (χ4v) is 3.86. The lowest BCUT2D eigenvalue weighted by Gasteiger charge is -2.20. The quantitative estimate of drug-likeness (QED) is 0.603. The van der Waals surface area contributed by atoms with Crippen LogP contribution in [0.1, 0.15) is 5.56 Å². The molecule has 0 saturated heterocycles. The number of ether oxygens (including phenoxy) is 2. The Morgan fingerprint density at radius 2 is 1.79 bits per heavy atom. The van der Waals surface area contributed by atoms with E-state index >= 15 is 0 Å². The number of benzene rings is 2. The smallest absolute Gasteiger partial charge is 0.306 e. The lowest BCUT2D eigenvalue weighted by atomic mass is 10.1. The van der Waals surface area contributed by atoms with Gasteiger partial charge in [-0.05, 0) is 36.2 Å². The summed E-state index contributed by atoms with van der Waals surface area (Å²) in [6, 6.07) is 8.92. The van der Waals surface area contributed by atoms with Gasteiger partial charge in [0.25, 0.3) is 0 Å². The van der Waals surface area contributed by atoms with E-state index in [1.54, 1.807) is 26.4 Å². The molecule has 28 heavy (non-hydrogen) atoms. The second-order valence-corrected chi connectivity index (χ2v) is 7.98. The third-order valence-electron chi connectivity index (χ3n) is 4.57. The van der Waals surface area contributed by atoms with Crippen molar-refractivity contribution in [2.45, 2.75) is 6.42 Å². The van der Waals surface area contributed by atoms with E-state index in [-0.39, 0.29) is 0 Å². The number of rotatable bonds is 5. The molecule has 0 fully saturated rings. The van der Waals surface area contributed by atoms with E-state index in [1.165, 1.54) is 6.33 Å². The van der Waals surface area contributed by atoms with Crippen molar-refractivity contribution in [1.82, 2.24) is 9.97 Å². The molecule has 0 unspecified atom stereocenters. The van der Waals surface area contributed by atoms with Crippen LogP contribution in [0.15, 0.2) is 36.7 Å². The maximum Gasteiger partial charge on any atom is 0.306 e. The Morgan fingerprint density at radius 3 is 2.50 bits per heavy atom. The second kappa shape index (κ2) is 6.83. The van der Waals surface area contributed by atoms with Crippen LogP contribution in [0, 0.1) is 0 Å². The van der Waals surface area contributed by atoms with E-state index in [0.717, 1.165) is 40.6 Å². The summed E-state index contributed by atoms with van der Waals surface area (Å²) in [5, 5.41) is 0.837. The van der Waals surface area contributed by atoms with Gasteiger partial charge in [-0.25, -0.2) is 9.97 Å². The van der Waals surface area contributed by atoms with Gasteiger partial charge in [-0.15, -0.1) is 0 Å². The van der Waals surface area contributed by atoms with E-state index in [2.05, 4.69) is 14.9 Å². The van der Waals surface area contributed by atoms with Gasteiger partial charge in [0.2, 0.25) is 0 Å². The van der Waals surface area contributed by atoms with Gasteiger partial charge in [-0.3, -0.25) is 0 Å². The summed E-state index contributed by atoms with van der Waals surface area (Å²) in [7, 11) is -0.396. The number of nitrogens with zero attached hydrogens (tertiary/aromatic N) is 3. The van der Waals surface area contributed by atoms with Gasteiger partial charge in [-0.1, -0.05) is 0 Å². The summed E-state index contributed by atoms with van der Waals surface area (Å²) in [6.45, 7) is 0.706. The molecule has 0 atom stereocenters. The number of anilines is 2. The molecule has 2 aromatic carbocycles. The maximum absolute atomic E-state index is 11.4. The van der Waals surface area contributed by atoms with Crippen LogP contribution in [0.4, 0.5) is 11.5 Å². The van der Waals surface area contributed by atoms with E-state index < -0.39 is 10.1 Å². The Labute approximate surface area is 162 Å². The highest BCUT2D eigenvalue weighted by molar-refractivity contribution is 7.86. The van der Waals surface area contributed by atoms with Gasteiger partial charge in [0, 0.05) is 23.7 Å². The molecule has 3 aromatic rings. The first-order chi connectivity index (χ1) is 13.4. The number of aromatic nitrogens is 2. The fourth-order valence-electron chi connectivity index (χ4n) is 3.41. The van der Waals surface area contributed by atoms with Crippen LogP contribution in [0.5, 0.6) is 17.2 Å². The molecule has 0 bridgehead atoms. The van der Waals surface area contributed by atoms with Crippen molar-refractivity contribution in [3.8, 4) is 17.2 Å². The van der Waals surface area contributed by atoms with Gasteiger partial charge < -0.3 is 18.6 Å². The van der Waals surface area contributed by atoms with E-state index in [4.69, 9.17) is 13.7 Å². The molecule has 2 heterocycles. The molecule has 4 rings (SSSR count). The first-order valence-corrected chi connectivity index (χ1v) is 10.4. The molecule has 0 aliphatic carbocycles. The molecule has 0 N–H and O–H groups in total. The predicted molar refractivity (Wildman–Crippen MR) is 105 cm³/mol. The second-order valence-electron chi connectivity index (χ2n) is 6.40.